The lowest BCUT2D eigenvalue weighted by Crippen LogP contribution is -2.29. The van der Waals surface area contributed by atoms with E-state index >= 15 is 0 Å². The molecule has 0 bridgehead atoms. The highest BCUT2D eigenvalue weighted by atomic mass is 19.2. The maximum atomic E-state index is 13.2. The SMILES string of the molecule is CCN(CC(=O)c1ccc(F)c(F)c1)Cc1ccccn1. The fraction of sp³-hybridized carbons (Fsp3) is 0.250. The van der Waals surface area contributed by atoms with E-state index in [1.807, 2.05) is 30.0 Å². The molecule has 0 saturated heterocycles. The minimum absolute atomic E-state index is 0.137. The monoisotopic (exact) mass is 290 g/mol. The van der Waals surface area contributed by atoms with E-state index in [9.17, 15) is 13.6 Å². The Bertz CT molecular complexity index is 617. The minimum atomic E-state index is -1.01. The van der Waals surface area contributed by atoms with Crippen molar-refractivity contribution >= 4 is 5.78 Å². The quantitative estimate of drug-likeness (QED) is 0.767. The highest BCUT2D eigenvalue weighted by molar-refractivity contribution is 5.97. The molecule has 0 aliphatic carbocycles. The maximum Gasteiger partial charge on any atom is 0.176 e. The van der Waals surface area contributed by atoms with Gasteiger partial charge in [0, 0.05) is 18.3 Å². The number of ketones is 1. The standard InChI is InChI=1S/C16H16F2N2O/c1-2-20(10-13-5-3-4-8-19-13)11-16(21)12-6-7-14(17)15(18)9-12/h3-9H,2,10-11H2,1H3. The molecule has 0 radical (unpaired) electrons. The first-order valence-corrected chi connectivity index (χ1v) is 6.70. The van der Waals surface area contributed by atoms with Gasteiger partial charge < -0.3 is 0 Å². The molecule has 0 atom stereocenters. The number of likely N-dealkylation sites (N-methyl/N-ethyl adjacent to an activating group) is 1. The zero-order valence-electron chi connectivity index (χ0n) is 11.7. The van der Waals surface area contributed by atoms with E-state index in [0.717, 1.165) is 17.8 Å². The average molecular weight is 290 g/mol. The van der Waals surface area contributed by atoms with Crippen LogP contribution in [0.5, 0.6) is 0 Å². The summed E-state index contributed by atoms with van der Waals surface area (Å²) in [7, 11) is 0. The fourth-order valence-corrected chi connectivity index (χ4v) is 1.96. The first kappa shape index (κ1) is 15.3. The third kappa shape index (κ3) is 4.16. The second-order valence-electron chi connectivity index (χ2n) is 4.68. The van der Waals surface area contributed by atoms with Crippen molar-refractivity contribution in [2.75, 3.05) is 13.1 Å². The van der Waals surface area contributed by atoms with Crippen molar-refractivity contribution in [2.24, 2.45) is 0 Å². The van der Waals surface area contributed by atoms with Crippen LogP contribution in [0.4, 0.5) is 8.78 Å². The number of benzene rings is 1. The molecule has 3 nitrogen and oxygen atoms in total. The van der Waals surface area contributed by atoms with Gasteiger partial charge in [0.2, 0.25) is 0 Å². The lowest BCUT2D eigenvalue weighted by Gasteiger charge is -2.19. The summed E-state index contributed by atoms with van der Waals surface area (Å²) in [6.07, 6.45) is 1.69. The molecule has 21 heavy (non-hydrogen) atoms. The maximum absolute atomic E-state index is 13.2. The van der Waals surface area contributed by atoms with Crippen LogP contribution in [0, 0.1) is 11.6 Å². The number of pyridine rings is 1. The molecule has 0 unspecified atom stereocenters. The Labute approximate surface area is 122 Å². The number of nitrogens with zero attached hydrogens (tertiary/aromatic N) is 2. The summed E-state index contributed by atoms with van der Waals surface area (Å²) in [4.78, 5) is 18.2. The third-order valence-electron chi connectivity index (χ3n) is 3.17. The summed E-state index contributed by atoms with van der Waals surface area (Å²) >= 11 is 0. The van der Waals surface area contributed by atoms with Crippen LogP contribution in [0.1, 0.15) is 23.0 Å². The Morgan fingerprint density at radius 3 is 2.62 bits per heavy atom. The van der Waals surface area contributed by atoms with E-state index in [1.165, 1.54) is 6.07 Å². The van der Waals surface area contributed by atoms with E-state index in [2.05, 4.69) is 4.98 Å². The predicted molar refractivity (Wildman–Crippen MR) is 75.9 cm³/mol. The predicted octanol–water partition coefficient (Wildman–Crippen LogP) is 3.06. The number of carbonyl (C=O) groups is 1. The molecule has 0 saturated carbocycles. The van der Waals surface area contributed by atoms with Gasteiger partial charge in [-0.1, -0.05) is 13.0 Å². The molecule has 0 fully saturated rings. The van der Waals surface area contributed by atoms with Gasteiger partial charge in [-0.05, 0) is 36.9 Å². The highest BCUT2D eigenvalue weighted by Gasteiger charge is 2.14. The van der Waals surface area contributed by atoms with Gasteiger partial charge in [-0.2, -0.15) is 0 Å². The number of hydrogen-bond donors (Lipinski definition) is 0. The lowest BCUT2D eigenvalue weighted by molar-refractivity contribution is 0.0928. The third-order valence-corrected chi connectivity index (χ3v) is 3.17. The number of Topliss-reactive ketones (excluding diaryl/α,β-unsaturated/α-hetero) is 1. The summed E-state index contributed by atoms with van der Waals surface area (Å²) in [5, 5.41) is 0. The van der Waals surface area contributed by atoms with E-state index < -0.39 is 11.6 Å². The van der Waals surface area contributed by atoms with Crippen molar-refractivity contribution in [3.05, 3.63) is 65.5 Å². The molecule has 1 aromatic heterocycles. The van der Waals surface area contributed by atoms with Gasteiger partial charge in [0.25, 0.3) is 0 Å². The van der Waals surface area contributed by atoms with Crippen LogP contribution in [0.15, 0.2) is 42.6 Å². The highest BCUT2D eigenvalue weighted by Crippen LogP contribution is 2.10. The Balaban J connectivity index is 2.04. The van der Waals surface area contributed by atoms with Crippen LogP contribution in [-0.4, -0.2) is 28.8 Å². The van der Waals surface area contributed by atoms with Gasteiger partial charge in [-0.3, -0.25) is 14.7 Å². The van der Waals surface area contributed by atoms with Crippen molar-refractivity contribution in [3.63, 3.8) is 0 Å². The Kier molecular flexibility index (Phi) is 5.11. The molecular weight excluding hydrogens is 274 g/mol. The molecular formula is C16H16F2N2O. The zero-order valence-corrected chi connectivity index (χ0v) is 11.7. The number of rotatable bonds is 6. The average Bonchev–Trinajstić information content (AvgIpc) is 2.50. The van der Waals surface area contributed by atoms with Crippen molar-refractivity contribution < 1.29 is 13.6 Å². The van der Waals surface area contributed by atoms with Gasteiger partial charge in [-0.25, -0.2) is 8.78 Å². The Hall–Kier alpha value is -2.14. The molecule has 0 aliphatic heterocycles. The molecule has 1 aromatic carbocycles. The molecule has 0 amide bonds. The van der Waals surface area contributed by atoms with Crippen molar-refractivity contribution in [1.29, 1.82) is 0 Å². The summed E-state index contributed by atoms with van der Waals surface area (Å²) in [5.41, 5.74) is 1.03. The van der Waals surface area contributed by atoms with Crippen LogP contribution in [0.2, 0.25) is 0 Å². The minimum Gasteiger partial charge on any atom is -0.293 e. The second kappa shape index (κ2) is 7.04. The molecule has 2 aromatic rings. The molecule has 110 valence electrons. The molecule has 5 heteroatoms. The first-order chi connectivity index (χ1) is 10.1. The fourth-order valence-electron chi connectivity index (χ4n) is 1.96. The summed E-state index contributed by atoms with van der Waals surface area (Å²) < 4.78 is 26.0. The summed E-state index contributed by atoms with van der Waals surface area (Å²) in [5.74, 6) is -2.20. The van der Waals surface area contributed by atoms with Crippen molar-refractivity contribution in [3.8, 4) is 0 Å². The van der Waals surface area contributed by atoms with Gasteiger partial charge in [0.05, 0.1) is 12.2 Å². The van der Waals surface area contributed by atoms with E-state index in [-0.39, 0.29) is 17.9 Å². The largest absolute Gasteiger partial charge is 0.293 e. The lowest BCUT2D eigenvalue weighted by atomic mass is 10.1. The van der Waals surface area contributed by atoms with Crippen molar-refractivity contribution in [2.45, 2.75) is 13.5 Å². The molecule has 2 rings (SSSR count). The number of halogens is 2. The van der Waals surface area contributed by atoms with E-state index in [0.29, 0.717) is 13.1 Å². The van der Waals surface area contributed by atoms with Crippen LogP contribution < -0.4 is 0 Å². The Morgan fingerprint density at radius 2 is 2.00 bits per heavy atom. The van der Waals surface area contributed by atoms with Gasteiger partial charge >= 0.3 is 0 Å². The normalized spacial score (nSPS) is 10.9. The van der Waals surface area contributed by atoms with Crippen molar-refractivity contribution in [1.82, 2.24) is 9.88 Å². The number of aromatic nitrogens is 1. The van der Waals surface area contributed by atoms with Crippen LogP contribution in [0.3, 0.4) is 0 Å². The van der Waals surface area contributed by atoms with E-state index in [4.69, 9.17) is 0 Å². The molecule has 0 N–H and O–H groups in total. The second-order valence-corrected chi connectivity index (χ2v) is 4.68. The molecule has 0 spiro atoms. The summed E-state index contributed by atoms with van der Waals surface area (Å²) in [6, 6.07) is 8.80. The van der Waals surface area contributed by atoms with Gasteiger partial charge in [0.1, 0.15) is 0 Å². The molecule has 0 aliphatic rings. The smallest absolute Gasteiger partial charge is 0.176 e. The summed E-state index contributed by atoms with van der Waals surface area (Å²) in [6.45, 7) is 3.26. The molecule has 1 heterocycles. The van der Waals surface area contributed by atoms with Gasteiger partial charge in [0.15, 0.2) is 17.4 Å². The number of hydrogen-bond acceptors (Lipinski definition) is 3. The first-order valence-electron chi connectivity index (χ1n) is 6.70. The Morgan fingerprint density at radius 1 is 1.19 bits per heavy atom. The topological polar surface area (TPSA) is 33.2 Å². The van der Waals surface area contributed by atoms with E-state index in [1.54, 1.807) is 6.20 Å². The zero-order chi connectivity index (χ0) is 15.2. The van der Waals surface area contributed by atoms with Crippen LogP contribution in [0.25, 0.3) is 0 Å². The van der Waals surface area contributed by atoms with Crippen LogP contribution in [-0.2, 0) is 6.54 Å². The van der Waals surface area contributed by atoms with Gasteiger partial charge in [-0.15, -0.1) is 0 Å². The number of carbonyl (C=O) groups excluding carboxylic acids is 1. The van der Waals surface area contributed by atoms with Crippen LogP contribution >= 0.6 is 0 Å².